The van der Waals surface area contributed by atoms with E-state index in [0.717, 1.165) is 0 Å². The molecule has 0 saturated carbocycles. The maximum Gasteiger partial charge on any atom is 0.258 e. The Kier molecular flexibility index (Phi) is 3.87. The number of ether oxygens (including phenoxy) is 2. The van der Waals surface area contributed by atoms with Gasteiger partial charge in [0, 0.05) is 6.04 Å². The first-order valence-electron chi connectivity index (χ1n) is 5.51. The second-order valence-corrected chi connectivity index (χ2v) is 4.02. The molecule has 0 bridgehead atoms. The molecule has 90 valence electrons. The number of nitrogens with one attached hydrogen (secondary N) is 1. The Morgan fingerprint density at radius 2 is 2.31 bits per heavy atom. The molecule has 1 unspecified atom stereocenters. The molecule has 6 nitrogen and oxygen atoms in total. The molecule has 0 radical (unpaired) electrons. The standard InChI is InChI=1S/C10H17N3O3/c1-7(2)11-5-9-12-10(16-13-9)8-6-14-3-4-15-8/h7-8,11H,3-6H2,1-2H3. The fourth-order valence-electron chi connectivity index (χ4n) is 1.40. The Morgan fingerprint density at radius 1 is 1.44 bits per heavy atom. The normalized spacial score (nSPS) is 21.6. The molecule has 1 fully saturated rings. The van der Waals surface area contributed by atoms with Gasteiger partial charge in [0.1, 0.15) is 0 Å². The van der Waals surface area contributed by atoms with Crippen molar-refractivity contribution in [3.63, 3.8) is 0 Å². The summed E-state index contributed by atoms with van der Waals surface area (Å²) in [6.45, 7) is 6.44. The lowest BCUT2D eigenvalue weighted by Gasteiger charge is -2.19. The van der Waals surface area contributed by atoms with Gasteiger partial charge in [-0.15, -0.1) is 0 Å². The summed E-state index contributed by atoms with van der Waals surface area (Å²) in [6.07, 6.45) is -0.214. The lowest BCUT2D eigenvalue weighted by molar-refractivity contribution is -0.101. The van der Waals surface area contributed by atoms with Crippen LogP contribution in [0.3, 0.4) is 0 Å². The van der Waals surface area contributed by atoms with Crippen LogP contribution in [-0.2, 0) is 16.0 Å². The van der Waals surface area contributed by atoms with E-state index >= 15 is 0 Å². The zero-order chi connectivity index (χ0) is 11.4. The van der Waals surface area contributed by atoms with Gasteiger partial charge >= 0.3 is 0 Å². The van der Waals surface area contributed by atoms with Gasteiger partial charge in [0.25, 0.3) is 5.89 Å². The van der Waals surface area contributed by atoms with Crippen molar-refractivity contribution in [1.29, 1.82) is 0 Å². The lowest BCUT2D eigenvalue weighted by atomic mass is 10.3. The number of hydrogen-bond acceptors (Lipinski definition) is 6. The molecule has 1 aromatic heterocycles. The molecule has 0 aliphatic carbocycles. The lowest BCUT2D eigenvalue weighted by Crippen LogP contribution is -2.23. The van der Waals surface area contributed by atoms with Gasteiger partial charge in [-0.25, -0.2) is 0 Å². The molecule has 0 spiro atoms. The van der Waals surface area contributed by atoms with Gasteiger partial charge in [-0.3, -0.25) is 0 Å². The smallest absolute Gasteiger partial charge is 0.258 e. The van der Waals surface area contributed by atoms with Gasteiger partial charge in [-0.05, 0) is 0 Å². The predicted octanol–water partition coefficient (Wildman–Crippen LogP) is 0.655. The minimum absolute atomic E-state index is 0.214. The van der Waals surface area contributed by atoms with Crippen LogP contribution in [0, 0.1) is 0 Å². The summed E-state index contributed by atoms with van der Waals surface area (Å²) < 4.78 is 15.9. The summed E-state index contributed by atoms with van der Waals surface area (Å²) >= 11 is 0. The molecular weight excluding hydrogens is 210 g/mol. The van der Waals surface area contributed by atoms with E-state index < -0.39 is 0 Å². The Hall–Kier alpha value is -0.980. The second kappa shape index (κ2) is 5.38. The van der Waals surface area contributed by atoms with Crippen LogP contribution in [0.5, 0.6) is 0 Å². The van der Waals surface area contributed by atoms with E-state index in [1.807, 2.05) is 0 Å². The highest BCUT2D eigenvalue weighted by Gasteiger charge is 2.22. The van der Waals surface area contributed by atoms with Gasteiger partial charge in [-0.1, -0.05) is 19.0 Å². The van der Waals surface area contributed by atoms with Crippen LogP contribution in [-0.4, -0.2) is 36.0 Å². The summed E-state index contributed by atoms with van der Waals surface area (Å²) in [5.41, 5.74) is 0. The number of hydrogen-bond donors (Lipinski definition) is 1. The van der Waals surface area contributed by atoms with Gasteiger partial charge in [0.2, 0.25) is 0 Å². The molecule has 1 atom stereocenters. The van der Waals surface area contributed by atoms with Crippen molar-refractivity contribution in [2.45, 2.75) is 32.5 Å². The van der Waals surface area contributed by atoms with Crippen molar-refractivity contribution in [2.24, 2.45) is 0 Å². The molecule has 2 heterocycles. The molecule has 2 rings (SSSR count). The molecule has 6 heteroatoms. The monoisotopic (exact) mass is 227 g/mol. The Morgan fingerprint density at radius 3 is 3.00 bits per heavy atom. The summed E-state index contributed by atoms with van der Waals surface area (Å²) in [4.78, 5) is 4.26. The maximum absolute atomic E-state index is 5.46. The quantitative estimate of drug-likeness (QED) is 0.814. The summed E-state index contributed by atoms with van der Waals surface area (Å²) in [5.74, 6) is 1.15. The van der Waals surface area contributed by atoms with E-state index in [1.165, 1.54) is 0 Å². The highest BCUT2D eigenvalue weighted by molar-refractivity contribution is 4.91. The van der Waals surface area contributed by atoms with E-state index in [2.05, 4.69) is 29.3 Å². The van der Waals surface area contributed by atoms with Crippen molar-refractivity contribution in [3.05, 3.63) is 11.7 Å². The highest BCUT2D eigenvalue weighted by Crippen LogP contribution is 2.18. The van der Waals surface area contributed by atoms with Crippen LogP contribution < -0.4 is 5.32 Å². The maximum atomic E-state index is 5.46. The summed E-state index contributed by atoms with van der Waals surface area (Å²) in [6, 6.07) is 0.399. The van der Waals surface area contributed by atoms with Crippen molar-refractivity contribution in [2.75, 3.05) is 19.8 Å². The minimum Gasteiger partial charge on any atom is -0.376 e. The van der Waals surface area contributed by atoms with Crippen molar-refractivity contribution >= 4 is 0 Å². The number of nitrogens with zero attached hydrogens (tertiary/aromatic N) is 2. The molecule has 16 heavy (non-hydrogen) atoms. The first-order chi connectivity index (χ1) is 7.75. The van der Waals surface area contributed by atoms with Crippen LogP contribution in [0.15, 0.2) is 4.52 Å². The minimum atomic E-state index is -0.214. The Balaban J connectivity index is 1.90. The van der Waals surface area contributed by atoms with Crippen LogP contribution >= 0.6 is 0 Å². The van der Waals surface area contributed by atoms with Gasteiger partial charge < -0.3 is 19.3 Å². The molecular formula is C10H17N3O3. The third-order valence-corrected chi connectivity index (χ3v) is 2.24. The number of aromatic nitrogens is 2. The van der Waals surface area contributed by atoms with Gasteiger partial charge in [-0.2, -0.15) is 4.98 Å². The average molecular weight is 227 g/mol. The molecule has 0 amide bonds. The summed E-state index contributed by atoms with van der Waals surface area (Å²) in [7, 11) is 0. The van der Waals surface area contributed by atoms with E-state index in [1.54, 1.807) is 0 Å². The Bertz CT molecular complexity index is 321. The van der Waals surface area contributed by atoms with Crippen molar-refractivity contribution in [3.8, 4) is 0 Å². The third-order valence-electron chi connectivity index (χ3n) is 2.24. The van der Waals surface area contributed by atoms with Gasteiger partial charge in [0.05, 0.1) is 26.4 Å². The first kappa shape index (κ1) is 11.5. The fourth-order valence-corrected chi connectivity index (χ4v) is 1.40. The van der Waals surface area contributed by atoms with Crippen LogP contribution in [0.2, 0.25) is 0 Å². The fraction of sp³-hybridized carbons (Fsp3) is 0.800. The molecule has 1 saturated heterocycles. The van der Waals surface area contributed by atoms with E-state index in [-0.39, 0.29) is 6.10 Å². The summed E-state index contributed by atoms with van der Waals surface area (Å²) in [5, 5.41) is 7.10. The topological polar surface area (TPSA) is 69.4 Å². The van der Waals surface area contributed by atoms with Crippen LogP contribution in [0.1, 0.15) is 31.7 Å². The third kappa shape index (κ3) is 3.01. The van der Waals surface area contributed by atoms with E-state index in [0.29, 0.717) is 44.1 Å². The van der Waals surface area contributed by atoms with Crippen LogP contribution in [0.4, 0.5) is 0 Å². The van der Waals surface area contributed by atoms with Crippen LogP contribution in [0.25, 0.3) is 0 Å². The SMILES string of the molecule is CC(C)NCc1noc(C2COCCO2)n1. The largest absolute Gasteiger partial charge is 0.376 e. The number of rotatable bonds is 4. The molecule has 1 aliphatic rings. The first-order valence-corrected chi connectivity index (χ1v) is 5.51. The average Bonchev–Trinajstić information content (AvgIpc) is 2.76. The van der Waals surface area contributed by atoms with E-state index in [9.17, 15) is 0 Å². The van der Waals surface area contributed by atoms with E-state index in [4.69, 9.17) is 14.0 Å². The zero-order valence-electron chi connectivity index (χ0n) is 9.60. The highest BCUT2D eigenvalue weighted by atomic mass is 16.6. The van der Waals surface area contributed by atoms with Crippen molar-refractivity contribution < 1.29 is 14.0 Å². The van der Waals surface area contributed by atoms with Crippen molar-refractivity contribution in [1.82, 2.24) is 15.5 Å². The van der Waals surface area contributed by atoms with Gasteiger partial charge in [0.15, 0.2) is 11.9 Å². The zero-order valence-corrected chi connectivity index (χ0v) is 9.60. The second-order valence-electron chi connectivity index (χ2n) is 4.02. The molecule has 1 N–H and O–H groups in total. The molecule has 1 aliphatic heterocycles. The molecule has 0 aromatic carbocycles. The molecule has 1 aromatic rings. The Labute approximate surface area is 94.3 Å². The predicted molar refractivity (Wildman–Crippen MR) is 55.8 cm³/mol.